The predicted octanol–water partition coefficient (Wildman–Crippen LogP) is -25.9. The van der Waals surface area contributed by atoms with Crippen LogP contribution in [-0.4, -0.2) is 135 Å². The normalized spacial score (nSPS) is 46.7. The van der Waals surface area contributed by atoms with Crippen LogP contribution < -0.4 is 90.7 Å². The molecule has 3 aliphatic rings. The van der Waals surface area contributed by atoms with Gasteiger partial charge < -0.3 is 140 Å². The van der Waals surface area contributed by atoms with Gasteiger partial charge in [-0.25, -0.2) is 0 Å². The number of ether oxygens (including phenoxy) is 4. The first-order chi connectivity index (χ1) is 15.5. The quantitative estimate of drug-likeness (QED) is 0.127. The second-order valence-corrected chi connectivity index (χ2v) is 9.30. The van der Waals surface area contributed by atoms with Crippen molar-refractivity contribution < 1.29 is 140 Å². The number of quaternary nitrogens is 5. The van der Waals surface area contributed by atoms with Crippen molar-refractivity contribution in [2.24, 2.45) is 0 Å². The average Bonchev–Trinajstić information content (AvgIpc) is 2.79. The van der Waals surface area contributed by atoms with Gasteiger partial charge in [-0.05, 0) is 0 Å². The largest absolute Gasteiger partial charge is 1.00 e. The molecule has 20 heteroatoms. The summed E-state index contributed by atoms with van der Waals surface area (Å²) in [5.41, 5.74) is 19.3. The van der Waals surface area contributed by atoms with Crippen LogP contribution in [-0.2, 0) is 18.9 Å². The molecule has 15 atom stereocenters. The lowest BCUT2D eigenvalue weighted by molar-refractivity contribution is -0.539. The Labute approximate surface area is 251 Å². The van der Waals surface area contributed by atoms with Crippen LogP contribution in [0.3, 0.4) is 0 Å². The van der Waals surface area contributed by atoms with Crippen molar-refractivity contribution in [2.75, 3.05) is 13.2 Å². The number of aliphatic hydroxyl groups excluding tert-OH is 6. The van der Waals surface area contributed by atoms with Crippen LogP contribution in [0.1, 0.15) is 6.42 Å². The molecule has 21 N–H and O–H groups in total. The fraction of sp³-hybridized carbons (Fsp3) is 1.00. The summed E-state index contributed by atoms with van der Waals surface area (Å²) in [6, 6.07) is -2.54. The molecule has 0 amide bonds. The van der Waals surface area contributed by atoms with E-state index in [0.717, 1.165) is 0 Å². The summed E-state index contributed by atoms with van der Waals surface area (Å²) in [5.74, 6) is 0. The minimum absolute atomic E-state index is 0. The van der Waals surface area contributed by atoms with Crippen LogP contribution in [0.2, 0.25) is 0 Å². The second kappa shape index (κ2) is 18.4. The van der Waals surface area contributed by atoms with Crippen LogP contribution in [0.25, 0.3) is 0 Å². The maximum Gasteiger partial charge on any atom is 0.214 e. The maximum atomic E-state index is 10.9. The summed E-state index contributed by atoms with van der Waals surface area (Å²) in [7, 11) is 0. The minimum atomic E-state index is -1.49. The lowest BCUT2D eigenvalue weighted by Gasteiger charge is -2.46. The highest BCUT2D eigenvalue weighted by molar-refractivity contribution is 4.97. The third kappa shape index (κ3) is 8.92. The van der Waals surface area contributed by atoms with Gasteiger partial charge in [0, 0.05) is 0 Å². The molecule has 2 heterocycles. The highest BCUT2D eigenvalue weighted by Gasteiger charge is 2.55. The van der Waals surface area contributed by atoms with Crippen molar-refractivity contribution in [2.45, 2.75) is 98.1 Å². The molecule has 1 saturated carbocycles. The first-order valence-corrected chi connectivity index (χ1v) is 11.3. The van der Waals surface area contributed by atoms with Crippen LogP contribution in [0.4, 0.5) is 0 Å². The molecule has 0 unspecified atom stereocenters. The Kier molecular flexibility index (Phi) is 21.0. The number of hydrogen-bond acceptors (Lipinski definition) is 10. The molecule has 0 aromatic rings. The molecule has 3 fully saturated rings. The summed E-state index contributed by atoms with van der Waals surface area (Å²) in [6.45, 7) is -0.270. The van der Waals surface area contributed by atoms with E-state index in [1.807, 2.05) is 0 Å². The Hall–Kier alpha value is 0.850. The fourth-order valence-corrected chi connectivity index (χ4v) is 4.69. The maximum absolute atomic E-state index is 10.9. The van der Waals surface area contributed by atoms with Gasteiger partial charge in [0.05, 0.1) is 13.0 Å². The molecule has 0 radical (unpaired) electrons. The van der Waals surface area contributed by atoms with Crippen molar-refractivity contribution >= 4 is 0 Å². The summed E-state index contributed by atoms with van der Waals surface area (Å²) in [4.78, 5) is 0. The van der Waals surface area contributed by atoms with Crippen molar-refractivity contribution in [1.29, 1.82) is 0 Å². The Morgan fingerprint density at radius 1 is 0.605 bits per heavy atom. The highest BCUT2D eigenvalue weighted by Crippen LogP contribution is 2.30. The van der Waals surface area contributed by atoms with Gasteiger partial charge in [-0.1, -0.05) is 0 Å². The second-order valence-electron chi connectivity index (χ2n) is 9.30. The third-order valence-corrected chi connectivity index (χ3v) is 6.94. The fourth-order valence-electron chi connectivity index (χ4n) is 4.69. The molecule has 234 valence electrons. The highest BCUT2D eigenvalue weighted by atomic mass is 35.5. The SMILES string of the molecule is [Cl-].[Cl-].[Cl-].[Cl-].[Cl-].[NH3+]C[C@H]1O[C@H](O[C@H]2[C@H](O[C@@H]3O[C@H](CO)[C@H]([NH3+])[C@H](O)[C@H]3O)[C@@H](O)[C@H]([NH3+])C[C@@H]2[NH3+])[C@H]([NH3+])[C@@H](O)[C@@H]1O. The van der Waals surface area contributed by atoms with Crippen molar-refractivity contribution in [1.82, 2.24) is 0 Å². The molecule has 2 saturated heterocycles. The molecule has 3 rings (SSSR count). The topological polar surface area (TPSA) is 296 Å². The van der Waals surface area contributed by atoms with Crippen LogP contribution in [0, 0.1) is 0 Å². The number of rotatable bonds is 6. The van der Waals surface area contributed by atoms with Gasteiger partial charge >= 0.3 is 0 Å². The zero-order valence-electron chi connectivity index (χ0n) is 20.5. The molecule has 0 aromatic carbocycles. The zero-order valence-corrected chi connectivity index (χ0v) is 24.3. The Balaban J connectivity index is -0.00000245. The number of hydrogen-bond donors (Lipinski definition) is 11. The monoisotopic (exact) mass is 663 g/mol. The van der Waals surface area contributed by atoms with Gasteiger partial charge in [-0.15, -0.1) is 0 Å². The van der Waals surface area contributed by atoms with E-state index in [1.54, 1.807) is 0 Å². The van der Waals surface area contributed by atoms with E-state index in [-0.39, 0.29) is 68.6 Å². The summed E-state index contributed by atoms with van der Waals surface area (Å²) >= 11 is 0. The molecule has 2 aliphatic heterocycles. The van der Waals surface area contributed by atoms with Crippen molar-refractivity contribution in [3.05, 3.63) is 0 Å². The van der Waals surface area contributed by atoms with Gasteiger partial charge in [0.2, 0.25) is 6.29 Å². The molecular formula is C18H42Cl5N5O10. The van der Waals surface area contributed by atoms with Gasteiger partial charge in [0.15, 0.2) is 12.3 Å². The van der Waals surface area contributed by atoms with Crippen molar-refractivity contribution in [3.63, 3.8) is 0 Å². The summed E-state index contributed by atoms with van der Waals surface area (Å²) in [6.07, 6.45) is -12.1. The summed E-state index contributed by atoms with van der Waals surface area (Å²) < 4.78 is 23.4. The smallest absolute Gasteiger partial charge is 0.214 e. The van der Waals surface area contributed by atoms with E-state index in [4.69, 9.17) is 18.9 Å². The van der Waals surface area contributed by atoms with Crippen LogP contribution in [0.5, 0.6) is 0 Å². The molecule has 15 nitrogen and oxygen atoms in total. The van der Waals surface area contributed by atoms with Crippen LogP contribution in [0.15, 0.2) is 0 Å². The zero-order chi connectivity index (χ0) is 24.6. The Morgan fingerprint density at radius 3 is 1.63 bits per heavy atom. The van der Waals surface area contributed by atoms with E-state index < -0.39 is 98.3 Å². The van der Waals surface area contributed by atoms with E-state index in [2.05, 4.69) is 28.7 Å². The van der Waals surface area contributed by atoms with Gasteiger partial charge in [-0.3, -0.25) is 0 Å². The predicted molar refractivity (Wildman–Crippen MR) is 103 cm³/mol. The first-order valence-electron chi connectivity index (χ1n) is 11.3. The standard InChI is InChI=1S/C18H37N5O10.5ClH/c19-2-6-11(26)13(28)9(23)17(30-6)32-15-5(21)1-4(20)10(25)16(15)33-18-14(29)12(27)8(22)7(3-24)31-18;;;;;/h4-18,24-29H,1-3,19-23H2;5*1H/t4-,5+,6-,7-,8+,9-,10+,11-,12+,13-,14-,15-,16-,17-,18+;;;;;/m1...../s1. The van der Waals surface area contributed by atoms with E-state index >= 15 is 0 Å². The molecule has 1 aliphatic carbocycles. The van der Waals surface area contributed by atoms with Gasteiger partial charge in [0.25, 0.3) is 0 Å². The molecule has 0 aromatic heterocycles. The molecule has 38 heavy (non-hydrogen) atoms. The molecule has 0 bridgehead atoms. The third-order valence-electron chi connectivity index (χ3n) is 6.94. The van der Waals surface area contributed by atoms with Crippen molar-refractivity contribution in [3.8, 4) is 0 Å². The molecule has 0 spiro atoms. The number of aliphatic hydroxyl groups is 6. The summed E-state index contributed by atoms with van der Waals surface area (Å²) in [5, 5.41) is 61.7. The van der Waals surface area contributed by atoms with Crippen LogP contribution >= 0.6 is 0 Å². The molecular weight excluding hydrogens is 623 g/mol. The van der Waals surface area contributed by atoms with E-state index in [0.29, 0.717) is 6.42 Å². The van der Waals surface area contributed by atoms with E-state index in [9.17, 15) is 30.6 Å². The first kappa shape index (κ1) is 43.3. The lowest BCUT2D eigenvalue weighted by atomic mass is 9.84. The minimum Gasteiger partial charge on any atom is -1.00 e. The van der Waals surface area contributed by atoms with Gasteiger partial charge in [-0.2, -0.15) is 0 Å². The number of halogens is 5. The Bertz CT molecular complexity index is 657. The average molecular weight is 666 g/mol. The van der Waals surface area contributed by atoms with E-state index in [1.165, 1.54) is 0 Å². The lowest BCUT2D eigenvalue weighted by Crippen LogP contribution is -3.00. The van der Waals surface area contributed by atoms with Gasteiger partial charge in [0.1, 0.15) is 79.6 Å². The Morgan fingerprint density at radius 2 is 1.11 bits per heavy atom.